The minimum Gasteiger partial charge on any atom is -0.437 e. The third-order valence-electron chi connectivity index (χ3n) is 3.27. The zero-order valence-corrected chi connectivity index (χ0v) is 12.8. The second-order valence-corrected chi connectivity index (χ2v) is 4.99. The van der Waals surface area contributed by atoms with E-state index >= 15 is 0 Å². The van der Waals surface area contributed by atoms with Gasteiger partial charge in [-0.25, -0.2) is 9.78 Å². The van der Waals surface area contributed by atoms with Crippen LogP contribution >= 0.6 is 11.6 Å². The van der Waals surface area contributed by atoms with Crippen molar-refractivity contribution in [2.45, 2.75) is 0 Å². The molecule has 7 heteroatoms. The standard InChI is InChI=1S/C16H11ClN2O4/c1-22-16(21)23-14-12(10-6-2-4-8-18-10)15(20)19-9-5-3-7-11(19)13(14)17/h2-9H,1H3/p+1. The SMILES string of the molecule is COC(=O)Oc1c(-c2cccc[nH+]2)c(=O)n2ccccc2c1Cl. The van der Waals surface area contributed by atoms with Gasteiger partial charge in [0.15, 0.2) is 17.5 Å². The molecule has 0 spiro atoms. The van der Waals surface area contributed by atoms with Crippen LogP contribution in [0.2, 0.25) is 5.02 Å². The van der Waals surface area contributed by atoms with Gasteiger partial charge in [0, 0.05) is 18.3 Å². The average molecular weight is 332 g/mol. The smallest absolute Gasteiger partial charge is 0.437 e. The third kappa shape index (κ3) is 2.64. The minimum atomic E-state index is -0.955. The van der Waals surface area contributed by atoms with E-state index in [1.54, 1.807) is 48.8 Å². The van der Waals surface area contributed by atoms with Crippen molar-refractivity contribution in [1.29, 1.82) is 0 Å². The highest BCUT2D eigenvalue weighted by molar-refractivity contribution is 6.36. The number of hydrogen-bond donors (Lipinski definition) is 0. The molecule has 0 saturated heterocycles. The molecule has 0 aliphatic carbocycles. The van der Waals surface area contributed by atoms with Gasteiger partial charge in [0.05, 0.1) is 12.6 Å². The van der Waals surface area contributed by atoms with Crippen molar-refractivity contribution in [2.75, 3.05) is 7.11 Å². The number of fused-ring (bicyclic) bond motifs is 1. The molecule has 3 aromatic heterocycles. The van der Waals surface area contributed by atoms with Crippen molar-refractivity contribution in [2.24, 2.45) is 0 Å². The van der Waals surface area contributed by atoms with Crippen molar-refractivity contribution in [3.05, 3.63) is 64.2 Å². The fourth-order valence-electron chi connectivity index (χ4n) is 2.25. The first-order chi connectivity index (χ1) is 11.1. The lowest BCUT2D eigenvalue weighted by Gasteiger charge is -2.11. The van der Waals surface area contributed by atoms with Crippen LogP contribution in [-0.2, 0) is 4.74 Å². The Bertz CT molecular complexity index is 938. The molecule has 3 heterocycles. The Labute approximate surface area is 135 Å². The number of rotatable bonds is 2. The van der Waals surface area contributed by atoms with E-state index in [1.165, 1.54) is 11.5 Å². The second-order valence-electron chi connectivity index (χ2n) is 4.61. The van der Waals surface area contributed by atoms with Crippen LogP contribution in [0.25, 0.3) is 16.8 Å². The van der Waals surface area contributed by atoms with E-state index < -0.39 is 6.16 Å². The van der Waals surface area contributed by atoms with Crippen LogP contribution in [0.5, 0.6) is 5.75 Å². The molecule has 0 aromatic carbocycles. The highest BCUT2D eigenvalue weighted by atomic mass is 35.5. The maximum absolute atomic E-state index is 12.8. The summed E-state index contributed by atoms with van der Waals surface area (Å²) in [6.45, 7) is 0. The van der Waals surface area contributed by atoms with Crippen molar-refractivity contribution >= 4 is 23.3 Å². The Morgan fingerprint density at radius 1 is 1.22 bits per heavy atom. The second kappa shape index (κ2) is 6.10. The molecule has 0 radical (unpaired) electrons. The Balaban J connectivity index is 2.40. The van der Waals surface area contributed by atoms with E-state index in [0.29, 0.717) is 11.2 Å². The normalized spacial score (nSPS) is 10.5. The summed E-state index contributed by atoms with van der Waals surface area (Å²) in [6, 6.07) is 10.3. The Kier molecular flexibility index (Phi) is 3.99. The summed E-state index contributed by atoms with van der Waals surface area (Å²) in [5, 5.41) is 0.142. The maximum Gasteiger partial charge on any atom is 0.513 e. The number of nitrogens with zero attached hydrogens (tertiary/aromatic N) is 1. The van der Waals surface area contributed by atoms with Crippen LogP contribution in [0.4, 0.5) is 4.79 Å². The molecule has 0 bridgehead atoms. The fraction of sp³-hybridized carbons (Fsp3) is 0.0625. The fourth-order valence-corrected chi connectivity index (χ4v) is 2.54. The number of pyridine rings is 3. The quantitative estimate of drug-likeness (QED) is 0.677. The molecule has 0 atom stereocenters. The lowest BCUT2D eigenvalue weighted by atomic mass is 10.1. The van der Waals surface area contributed by atoms with Crippen LogP contribution < -0.4 is 15.3 Å². The number of carbonyl (C=O) groups excluding carboxylic acids is 1. The van der Waals surface area contributed by atoms with E-state index in [1.807, 2.05) is 0 Å². The largest absolute Gasteiger partial charge is 0.513 e. The van der Waals surface area contributed by atoms with Gasteiger partial charge in [-0.1, -0.05) is 17.7 Å². The monoisotopic (exact) mass is 331 g/mol. The molecule has 0 unspecified atom stereocenters. The van der Waals surface area contributed by atoms with Gasteiger partial charge in [0.25, 0.3) is 5.56 Å². The topological polar surface area (TPSA) is 71.2 Å². The van der Waals surface area contributed by atoms with Crippen molar-refractivity contribution in [3.8, 4) is 17.0 Å². The molecular formula is C16H12ClN2O4+. The molecule has 0 aliphatic heterocycles. The Morgan fingerprint density at radius 2 is 2.00 bits per heavy atom. The zero-order chi connectivity index (χ0) is 16.4. The lowest BCUT2D eigenvalue weighted by Crippen LogP contribution is -2.22. The van der Waals surface area contributed by atoms with Crippen LogP contribution in [0, 0.1) is 0 Å². The van der Waals surface area contributed by atoms with E-state index in [0.717, 1.165) is 0 Å². The number of hydrogen-bond acceptors (Lipinski definition) is 4. The molecule has 0 amide bonds. The van der Waals surface area contributed by atoms with Gasteiger partial charge in [-0.2, -0.15) is 0 Å². The summed E-state index contributed by atoms with van der Waals surface area (Å²) in [6.07, 6.45) is 2.30. The molecule has 0 aliphatic rings. The Hall–Kier alpha value is -2.86. The summed E-state index contributed by atoms with van der Waals surface area (Å²) in [5.41, 5.74) is 0.672. The van der Waals surface area contributed by atoms with E-state index in [9.17, 15) is 9.59 Å². The number of carbonyl (C=O) groups is 1. The highest BCUT2D eigenvalue weighted by Crippen LogP contribution is 2.35. The van der Waals surface area contributed by atoms with Crippen LogP contribution in [0.3, 0.4) is 0 Å². The molecular weight excluding hydrogens is 320 g/mol. The molecule has 1 N–H and O–H groups in total. The van der Waals surface area contributed by atoms with Crippen LogP contribution in [0.1, 0.15) is 0 Å². The number of ether oxygens (including phenoxy) is 2. The number of H-pyrrole nitrogens is 1. The predicted octanol–water partition coefficient (Wildman–Crippen LogP) is 2.58. The summed E-state index contributed by atoms with van der Waals surface area (Å²) in [4.78, 5) is 27.3. The molecule has 3 rings (SSSR count). The first-order valence-electron chi connectivity index (χ1n) is 6.69. The predicted molar refractivity (Wildman–Crippen MR) is 83.7 cm³/mol. The molecule has 6 nitrogen and oxygen atoms in total. The number of halogens is 1. The first kappa shape index (κ1) is 15.1. The summed E-state index contributed by atoms with van der Waals surface area (Å²) >= 11 is 6.36. The van der Waals surface area contributed by atoms with E-state index in [2.05, 4.69) is 9.72 Å². The average Bonchev–Trinajstić information content (AvgIpc) is 2.60. The molecule has 0 saturated carbocycles. The number of methoxy groups -OCH3 is 1. The molecule has 116 valence electrons. The van der Waals surface area contributed by atoms with Gasteiger partial charge in [0.1, 0.15) is 5.02 Å². The lowest BCUT2D eigenvalue weighted by molar-refractivity contribution is -0.364. The van der Waals surface area contributed by atoms with Crippen molar-refractivity contribution in [1.82, 2.24) is 4.40 Å². The minimum absolute atomic E-state index is 0.0443. The summed E-state index contributed by atoms with van der Waals surface area (Å²) in [5.74, 6) is -0.0443. The van der Waals surface area contributed by atoms with Gasteiger partial charge in [0.2, 0.25) is 5.69 Å². The highest BCUT2D eigenvalue weighted by Gasteiger charge is 2.25. The van der Waals surface area contributed by atoms with E-state index in [-0.39, 0.29) is 21.9 Å². The first-order valence-corrected chi connectivity index (χ1v) is 7.07. The van der Waals surface area contributed by atoms with Crippen molar-refractivity contribution < 1.29 is 19.3 Å². The maximum atomic E-state index is 12.8. The van der Waals surface area contributed by atoms with Gasteiger partial charge >= 0.3 is 6.16 Å². The number of nitrogens with one attached hydrogen (secondary N) is 1. The summed E-state index contributed by atoms with van der Waals surface area (Å²) in [7, 11) is 1.18. The molecule has 3 aromatic rings. The zero-order valence-electron chi connectivity index (χ0n) is 12.1. The number of aromatic nitrogens is 2. The van der Waals surface area contributed by atoms with Crippen molar-refractivity contribution in [3.63, 3.8) is 0 Å². The Morgan fingerprint density at radius 3 is 2.70 bits per heavy atom. The third-order valence-corrected chi connectivity index (χ3v) is 3.64. The molecule has 23 heavy (non-hydrogen) atoms. The van der Waals surface area contributed by atoms with Gasteiger partial charge in [-0.15, -0.1) is 0 Å². The van der Waals surface area contributed by atoms with Gasteiger partial charge in [-0.3, -0.25) is 9.20 Å². The van der Waals surface area contributed by atoms with Crippen LogP contribution in [0.15, 0.2) is 53.6 Å². The molecule has 0 fully saturated rings. The van der Waals surface area contributed by atoms with Crippen LogP contribution in [-0.4, -0.2) is 17.7 Å². The van der Waals surface area contributed by atoms with Gasteiger partial charge < -0.3 is 9.47 Å². The summed E-state index contributed by atoms with van der Waals surface area (Å²) < 4.78 is 11.0. The van der Waals surface area contributed by atoms with E-state index in [4.69, 9.17) is 16.3 Å². The van der Waals surface area contributed by atoms with Gasteiger partial charge in [-0.05, 0) is 18.2 Å². The number of aromatic amines is 1.